The van der Waals surface area contributed by atoms with Gasteiger partial charge in [0.2, 0.25) is 0 Å². The lowest BCUT2D eigenvalue weighted by Gasteiger charge is -2.15. The van der Waals surface area contributed by atoms with Gasteiger partial charge in [0.05, 0.1) is 5.56 Å². The highest BCUT2D eigenvalue weighted by atomic mass is 19.3. The van der Waals surface area contributed by atoms with Crippen molar-refractivity contribution in [2.24, 2.45) is 0 Å². The molecular formula is C17H12F4N4O. The number of halogens is 4. The van der Waals surface area contributed by atoms with Crippen LogP contribution >= 0.6 is 0 Å². The standard InChI is InChI=1S/C17H12F4N4O/c18-11-2-1-10(5-12(11)19)17(3-4-17)6-13-22-7-9(8-23-13)15-24-25-16(26-15)14(20)21/h1-2,5,7-8,14H,3-4,6H2. The molecule has 0 spiro atoms. The van der Waals surface area contributed by atoms with Crippen molar-refractivity contribution in [3.63, 3.8) is 0 Å². The average Bonchev–Trinajstić information content (AvgIpc) is 3.22. The van der Waals surface area contributed by atoms with Crippen LogP contribution in [-0.4, -0.2) is 20.2 Å². The summed E-state index contributed by atoms with van der Waals surface area (Å²) in [5.41, 5.74) is 0.733. The molecule has 2 aromatic heterocycles. The van der Waals surface area contributed by atoms with Gasteiger partial charge in [0, 0.05) is 24.2 Å². The molecule has 2 heterocycles. The van der Waals surface area contributed by atoms with Crippen LogP contribution in [0, 0.1) is 11.6 Å². The van der Waals surface area contributed by atoms with Crippen molar-refractivity contribution in [1.82, 2.24) is 20.2 Å². The zero-order valence-electron chi connectivity index (χ0n) is 13.3. The molecule has 9 heteroatoms. The van der Waals surface area contributed by atoms with E-state index in [1.807, 2.05) is 0 Å². The number of hydrogen-bond acceptors (Lipinski definition) is 5. The SMILES string of the molecule is Fc1ccc(C2(Cc3ncc(-c4nnc(C(F)F)o4)cn3)CC2)cc1F. The predicted molar refractivity (Wildman–Crippen MR) is 81.3 cm³/mol. The van der Waals surface area contributed by atoms with Gasteiger partial charge < -0.3 is 4.42 Å². The summed E-state index contributed by atoms with van der Waals surface area (Å²) in [6.45, 7) is 0. The summed E-state index contributed by atoms with van der Waals surface area (Å²) in [5.74, 6) is -2.11. The van der Waals surface area contributed by atoms with Crippen molar-refractivity contribution in [2.45, 2.75) is 31.1 Å². The fourth-order valence-corrected chi connectivity index (χ4v) is 2.84. The second-order valence-electron chi connectivity index (χ2n) is 6.22. The minimum Gasteiger partial charge on any atom is -0.415 e. The maximum absolute atomic E-state index is 13.5. The monoisotopic (exact) mass is 364 g/mol. The van der Waals surface area contributed by atoms with Gasteiger partial charge in [-0.3, -0.25) is 0 Å². The molecule has 1 saturated carbocycles. The molecule has 5 nitrogen and oxygen atoms in total. The summed E-state index contributed by atoms with van der Waals surface area (Å²) in [6.07, 6.45) is 2.08. The Morgan fingerprint density at radius 2 is 1.77 bits per heavy atom. The molecule has 0 aliphatic heterocycles. The third-order valence-electron chi connectivity index (χ3n) is 4.46. The fourth-order valence-electron chi connectivity index (χ4n) is 2.84. The smallest absolute Gasteiger partial charge is 0.314 e. The van der Waals surface area contributed by atoms with Crippen LogP contribution in [-0.2, 0) is 11.8 Å². The number of benzene rings is 1. The van der Waals surface area contributed by atoms with E-state index < -0.39 is 24.0 Å². The van der Waals surface area contributed by atoms with Crippen molar-refractivity contribution in [3.8, 4) is 11.5 Å². The zero-order valence-corrected chi connectivity index (χ0v) is 13.3. The Morgan fingerprint density at radius 3 is 2.35 bits per heavy atom. The van der Waals surface area contributed by atoms with E-state index in [1.54, 1.807) is 6.07 Å². The molecule has 26 heavy (non-hydrogen) atoms. The van der Waals surface area contributed by atoms with Crippen molar-refractivity contribution in [1.29, 1.82) is 0 Å². The normalized spacial score (nSPS) is 15.4. The minimum absolute atomic E-state index is 0.0893. The van der Waals surface area contributed by atoms with Crippen LogP contribution in [0.4, 0.5) is 17.6 Å². The third kappa shape index (κ3) is 3.04. The van der Waals surface area contributed by atoms with Gasteiger partial charge >= 0.3 is 6.43 Å². The molecule has 4 rings (SSSR count). The molecule has 1 aromatic carbocycles. The van der Waals surface area contributed by atoms with Crippen molar-refractivity contribution in [3.05, 3.63) is 59.5 Å². The number of alkyl halides is 2. The number of rotatable bonds is 5. The van der Waals surface area contributed by atoms with Gasteiger partial charge in [0.1, 0.15) is 5.82 Å². The van der Waals surface area contributed by atoms with Gasteiger partial charge in [-0.1, -0.05) is 6.07 Å². The molecule has 0 unspecified atom stereocenters. The molecule has 134 valence electrons. The van der Waals surface area contributed by atoms with Gasteiger partial charge in [-0.05, 0) is 30.5 Å². The molecule has 0 radical (unpaired) electrons. The second kappa shape index (κ2) is 6.15. The van der Waals surface area contributed by atoms with E-state index in [0.29, 0.717) is 23.4 Å². The van der Waals surface area contributed by atoms with E-state index in [9.17, 15) is 17.6 Å². The Hall–Kier alpha value is -2.84. The first kappa shape index (κ1) is 16.6. The summed E-state index contributed by atoms with van der Waals surface area (Å²) in [6, 6.07) is 3.90. The summed E-state index contributed by atoms with van der Waals surface area (Å²) >= 11 is 0. The van der Waals surface area contributed by atoms with E-state index in [-0.39, 0.29) is 11.3 Å². The lowest BCUT2D eigenvalue weighted by Crippen LogP contribution is -2.13. The Kier molecular flexibility index (Phi) is 3.93. The van der Waals surface area contributed by atoms with Gasteiger partial charge in [-0.25, -0.2) is 18.7 Å². The predicted octanol–water partition coefficient (Wildman–Crippen LogP) is 4.02. The summed E-state index contributed by atoms with van der Waals surface area (Å²) in [7, 11) is 0. The van der Waals surface area contributed by atoms with E-state index in [4.69, 9.17) is 4.42 Å². The average molecular weight is 364 g/mol. The quantitative estimate of drug-likeness (QED) is 0.640. The lowest BCUT2D eigenvalue weighted by molar-refractivity contribution is 0.116. The largest absolute Gasteiger partial charge is 0.415 e. The van der Waals surface area contributed by atoms with Crippen molar-refractivity contribution in [2.75, 3.05) is 0 Å². The van der Waals surface area contributed by atoms with Gasteiger partial charge in [-0.15, -0.1) is 10.2 Å². The van der Waals surface area contributed by atoms with Gasteiger partial charge in [0.15, 0.2) is 11.6 Å². The van der Waals surface area contributed by atoms with Crippen LogP contribution in [0.3, 0.4) is 0 Å². The van der Waals surface area contributed by atoms with Crippen LogP contribution < -0.4 is 0 Å². The highest BCUT2D eigenvalue weighted by Crippen LogP contribution is 2.50. The second-order valence-corrected chi connectivity index (χ2v) is 6.22. The number of hydrogen-bond donors (Lipinski definition) is 0. The molecular weight excluding hydrogens is 352 g/mol. The van der Waals surface area contributed by atoms with Crippen LogP contribution in [0.2, 0.25) is 0 Å². The molecule has 0 N–H and O–H groups in total. The highest BCUT2D eigenvalue weighted by Gasteiger charge is 2.45. The molecule has 1 fully saturated rings. The first-order chi connectivity index (χ1) is 12.5. The molecule has 0 atom stereocenters. The van der Waals surface area contributed by atoms with Crippen LogP contribution in [0.5, 0.6) is 0 Å². The van der Waals surface area contributed by atoms with Crippen LogP contribution in [0.15, 0.2) is 35.0 Å². The van der Waals surface area contributed by atoms with E-state index in [2.05, 4.69) is 20.2 Å². The first-order valence-corrected chi connectivity index (χ1v) is 7.85. The van der Waals surface area contributed by atoms with E-state index >= 15 is 0 Å². The first-order valence-electron chi connectivity index (χ1n) is 7.85. The fraction of sp³-hybridized carbons (Fsp3) is 0.294. The zero-order chi connectivity index (χ0) is 18.3. The molecule has 0 amide bonds. The minimum atomic E-state index is -2.85. The summed E-state index contributed by atoms with van der Waals surface area (Å²) in [5, 5.41) is 6.79. The van der Waals surface area contributed by atoms with Gasteiger partial charge in [0.25, 0.3) is 11.8 Å². The lowest BCUT2D eigenvalue weighted by atomic mass is 9.92. The van der Waals surface area contributed by atoms with Crippen molar-refractivity contribution >= 4 is 0 Å². The molecule has 1 aliphatic carbocycles. The number of nitrogens with zero attached hydrogens (tertiary/aromatic N) is 4. The van der Waals surface area contributed by atoms with Crippen LogP contribution in [0.25, 0.3) is 11.5 Å². The van der Waals surface area contributed by atoms with E-state index in [0.717, 1.165) is 18.9 Å². The topological polar surface area (TPSA) is 64.7 Å². The number of aromatic nitrogens is 4. The van der Waals surface area contributed by atoms with Gasteiger partial charge in [-0.2, -0.15) is 8.78 Å². The highest BCUT2D eigenvalue weighted by molar-refractivity contribution is 5.48. The molecule has 1 aliphatic rings. The maximum atomic E-state index is 13.5. The Bertz CT molecular complexity index is 938. The van der Waals surface area contributed by atoms with E-state index in [1.165, 1.54) is 18.5 Å². The Balaban J connectivity index is 1.53. The summed E-state index contributed by atoms with van der Waals surface area (Å²) in [4.78, 5) is 8.41. The maximum Gasteiger partial charge on any atom is 0.314 e. The van der Waals surface area contributed by atoms with Crippen molar-refractivity contribution < 1.29 is 22.0 Å². The molecule has 0 saturated heterocycles. The summed E-state index contributed by atoms with van der Waals surface area (Å²) < 4.78 is 56.4. The van der Waals surface area contributed by atoms with Crippen LogP contribution in [0.1, 0.15) is 36.5 Å². The third-order valence-corrected chi connectivity index (χ3v) is 4.46. The Morgan fingerprint density at radius 1 is 1.04 bits per heavy atom. The molecule has 0 bridgehead atoms. The Labute approximate surface area is 145 Å². The molecule has 3 aromatic rings.